The fourth-order valence-corrected chi connectivity index (χ4v) is 6.40. The first-order chi connectivity index (χ1) is 15.6. The van der Waals surface area contributed by atoms with E-state index >= 15 is 0 Å². The van der Waals surface area contributed by atoms with Gasteiger partial charge in [-0.15, -0.1) is 23.5 Å². The van der Waals surface area contributed by atoms with Gasteiger partial charge < -0.3 is 0 Å². The molecule has 0 bridgehead atoms. The van der Waals surface area contributed by atoms with Gasteiger partial charge in [0, 0.05) is 30.2 Å². The first-order valence-electron chi connectivity index (χ1n) is 10.1. The zero-order chi connectivity index (χ0) is 21.9. The van der Waals surface area contributed by atoms with Crippen LogP contribution in [0.3, 0.4) is 0 Å². The second-order valence-electron chi connectivity index (χ2n) is 7.30. The van der Waals surface area contributed by atoms with Crippen LogP contribution in [-0.2, 0) is 11.5 Å². The molecule has 32 heavy (non-hydrogen) atoms. The van der Waals surface area contributed by atoms with Crippen LogP contribution in [0.25, 0.3) is 21.8 Å². The van der Waals surface area contributed by atoms with E-state index in [1.807, 2.05) is 12.1 Å². The van der Waals surface area contributed by atoms with Crippen molar-refractivity contribution >= 4 is 77.2 Å². The van der Waals surface area contributed by atoms with Crippen LogP contribution in [-0.4, -0.2) is 9.97 Å². The molecule has 0 radical (unpaired) electrons. The average Bonchev–Trinajstić information content (AvgIpc) is 2.80. The molecular weight excluding hydrogens is 564 g/mol. The number of benzene rings is 4. The Bertz CT molecular complexity index is 1310. The summed E-state index contributed by atoms with van der Waals surface area (Å²) in [6, 6.07) is 29.5. The molecule has 0 amide bonds. The highest BCUT2D eigenvalue weighted by Gasteiger charge is 2.12. The lowest BCUT2D eigenvalue weighted by Gasteiger charge is -2.11. The van der Waals surface area contributed by atoms with Crippen LogP contribution in [0.15, 0.2) is 104 Å². The number of rotatable bonds is 6. The van der Waals surface area contributed by atoms with Crippen molar-refractivity contribution in [3.63, 3.8) is 0 Å². The number of hydrogen-bond acceptors (Lipinski definition) is 4. The quantitative estimate of drug-likeness (QED) is 0.148. The van der Waals surface area contributed by atoms with E-state index in [0.717, 1.165) is 42.9 Å². The van der Waals surface area contributed by atoms with Gasteiger partial charge in [0.1, 0.15) is 0 Å². The average molecular weight is 582 g/mol. The molecule has 0 aliphatic heterocycles. The molecule has 0 aliphatic carbocycles. The third-order valence-corrected chi connectivity index (χ3v) is 8.03. The molecule has 1 heterocycles. The molecule has 0 N–H and O–H groups in total. The maximum atomic E-state index is 5.07. The Kier molecular flexibility index (Phi) is 6.83. The number of nitrogens with zero attached hydrogens (tertiary/aromatic N) is 2. The zero-order valence-electron chi connectivity index (χ0n) is 17.0. The molecule has 0 unspecified atom stereocenters. The van der Waals surface area contributed by atoms with E-state index in [9.17, 15) is 0 Å². The minimum atomic E-state index is 0.778. The summed E-state index contributed by atoms with van der Waals surface area (Å²) in [7, 11) is 0. The van der Waals surface area contributed by atoms with E-state index in [0.29, 0.717) is 0 Å². The standard InChI is InChI=1S/C26H18Br2N2S2/c27-19-7-3-9-21(13-19)31-15-25-26(16-32-22-10-4-8-20(28)14-22)30-24-12-18-6-2-1-5-17(18)11-23(24)29-25/h1-14H,15-16H2. The van der Waals surface area contributed by atoms with Crippen molar-refractivity contribution in [3.05, 3.63) is 105 Å². The van der Waals surface area contributed by atoms with Crippen LogP contribution in [0.4, 0.5) is 0 Å². The van der Waals surface area contributed by atoms with E-state index in [2.05, 4.69) is 105 Å². The largest absolute Gasteiger partial charge is 0.248 e. The van der Waals surface area contributed by atoms with Gasteiger partial charge in [0.15, 0.2) is 0 Å². The van der Waals surface area contributed by atoms with Crippen molar-refractivity contribution < 1.29 is 0 Å². The summed E-state index contributed by atoms with van der Waals surface area (Å²) in [5, 5.41) is 2.38. The lowest BCUT2D eigenvalue weighted by atomic mass is 10.1. The van der Waals surface area contributed by atoms with Crippen molar-refractivity contribution in [2.24, 2.45) is 0 Å². The summed E-state index contributed by atoms with van der Waals surface area (Å²) in [6.45, 7) is 0. The molecule has 5 aromatic rings. The predicted molar refractivity (Wildman–Crippen MR) is 144 cm³/mol. The van der Waals surface area contributed by atoms with Gasteiger partial charge in [0.2, 0.25) is 0 Å². The van der Waals surface area contributed by atoms with Crippen LogP contribution in [0.2, 0.25) is 0 Å². The molecule has 158 valence electrons. The van der Waals surface area contributed by atoms with Crippen molar-refractivity contribution in [1.82, 2.24) is 9.97 Å². The Balaban J connectivity index is 1.51. The summed E-state index contributed by atoms with van der Waals surface area (Å²) in [4.78, 5) is 12.6. The SMILES string of the molecule is Brc1cccc(SCc2nc3cc4ccccc4cc3nc2CSc2cccc(Br)c2)c1. The zero-order valence-corrected chi connectivity index (χ0v) is 21.8. The molecule has 0 atom stereocenters. The molecule has 2 nitrogen and oxygen atoms in total. The fourth-order valence-electron chi connectivity index (χ4n) is 3.46. The van der Waals surface area contributed by atoms with Crippen LogP contribution in [0.5, 0.6) is 0 Å². The number of fused-ring (bicyclic) bond motifs is 2. The van der Waals surface area contributed by atoms with Gasteiger partial charge in [-0.05, 0) is 59.3 Å². The van der Waals surface area contributed by atoms with E-state index in [1.54, 1.807) is 23.5 Å². The number of thioether (sulfide) groups is 2. The first-order valence-corrected chi connectivity index (χ1v) is 13.6. The lowest BCUT2D eigenvalue weighted by molar-refractivity contribution is 1.07. The van der Waals surface area contributed by atoms with Gasteiger partial charge >= 0.3 is 0 Å². The van der Waals surface area contributed by atoms with Crippen LogP contribution < -0.4 is 0 Å². The van der Waals surface area contributed by atoms with Crippen molar-refractivity contribution in [1.29, 1.82) is 0 Å². The highest BCUT2D eigenvalue weighted by molar-refractivity contribution is 9.10. The topological polar surface area (TPSA) is 25.8 Å². The second kappa shape index (κ2) is 9.96. The Morgan fingerprint density at radius 3 is 1.47 bits per heavy atom. The minimum Gasteiger partial charge on any atom is -0.248 e. The smallest absolute Gasteiger partial charge is 0.0897 e. The van der Waals surface area contributed by atoms with E-state index in [1.165, 1.54) is 20.6 Å². The summed E-state index contributed by atoms with van der Waals surface area (Å²) in [5.41, 5.74) is 3.98. The third kappa shape index (κ3) is 5.20. The van der Waals surface area contributed by atoms with E-state index < -0.39 is 0 Å². The third-order valence-electron chi connectivity index (χ3n) is 5.03. The summed E-state index contributed by atoms with van der Waals surface area (Å²) in [5.74, 6) is 1.56. The molecule has 0 aliphatic rings. The van der Waals surface area contributed by atoms with Crippen LogP contribution in [0, 0.1) is 0 Å². The lowest BCUT2D eigenvalue weighted by Crippen LogP contribution is -2.01. The molecule has 6 heteroatoms. The summed E-state index contributed by atoms with van der Waals surface area (Å²) in [6.07, 6.45) is 0. The van der Waals surface area contributed by atoms with Crippen molar-refractivity contribution in [2.75, 3.05) is 0 Å². The van der Waals surface area contributed by atoms with Gasteiger partial charge in [-0.25, -0.2) is 9.97 Å². The highest BCUT2D eigenvalue weighted by atomic mass is 79.9. The number of halogens is 2. The Morgan fingerprint density at radius 1 is 0.562 bits per heavy atom. The van der Waals surface area contributed by atoms with Crippen molar-refractivity contribution in [3.8, 4) is 0 Å². The predicted octanol–water partition coefficient (Wildman–Crippen LogP) is 8.89. The van der Waals surface area contributed by atoms with Gasteiger partial charge in [-0.3, -0.25) is 0 Å². The normalized spacial score (nSPS) is 11.3. The van der Waals surface area contributed by atoms with Crippen LogP contribution in [0.1, 0.15) is 11.4 Å². The summed E-state index contributed by atoms with van der Waals surface area (Å²) < 4.78 is 2.17. The number of hydrogen-bond donors (Lipinski definition) is 0. The molecule has 0 spiro atoms. The van der Waals surface area contributed by atoms with E-state index in [4.69, 9.17) is 9.97 Å². The minimum absolute atomic E-state index is 0.778. The van der Waals surface area contributed by atoms with Crippen molar-refractivity contribution in [2.45, 2.75) is 21.3 Å². The van der Waals surface area contributed by atoms with Gasteiger partial charge in [-0.2, -0.15) is 0 Å². The van der Waals surface area contributed by atoms with Crippen LogP contribution >= 0.6 is 55.4 Å². The molecule has 1 aromatic heterocycles. The Morgan fingerprint density at radius 2 is 1.03 bits per heavy atom. The molecule has 0 fully saturated rings. The Labute approximate surface area is 212 Å². The number of aromatic nitrogens is 2. The maximum absolute atomic E-state index is 5.07. The van der Waals surface area contributed by atoms with Gasteiger partial charge in [0.05, 0.1) is 22.4 Å². The highest BCUT2D eigenvalue weighted by Crippen LogP contribution is 2.31. The molecule has 5 rings (SSSR count). The van der Waals surface area contributed by atoms with Gasteiger partial charge in [0.25, 0.3) is 0 Å². The fraction of sp³-hybridized carbons (Fsp3) is 0.0769. The monoisotopic (exact) mass is 580 g/mol. The van der Waals surface area contributed by atoms with E-state index in [-0.39, 0.29) is 0 Å². The Hall–Kier alpha value is -1.86. The first kappa shape index (κ1) is 22.0. The maximum Gasteiger partial charge on any atom is 0.0897 e. The summed E-state index contributed by atoms with van der Waals surface area (Å²) >= 11 is 10.7. The molecule has 0 saturated carbocycles. The molecule has 0 saturated heterocycles. The van der Waals surface area contributed by atoms with Gasteiger partial charge in [-0.1, -0.05) is 68.3 Å². The molecular formula is C26H18Br2N2S2. The second-order valence-corrected chi connectivity index (χ2v) is 11.2. The molecule has 4 aromatic carbocycles.